The van der Waals surface area contributed by atoms with Crippen LogP contribution in [0.5, 0.6) is 5.88 Å². The van der Waals surface area contributed by atoms with Crippen molar-refractivity contribution < 1.29 is 18.3 Å². The Morgan fingerprint density at radius 3 is 2.68 bits per heavy atom. The van der Waals surface area contributed by atoms with Gasteiger partial charge in [0.1, 0.15) is 17.3 Å². The number of aryl methyl sites for hydroxylation is 1. The molecule has 1 aliphatic rings. The molecule has 0 atom stereocenters. The van der Waals surface area contributed by atoms with Gasteiger partial charge in [-0.3, -0.25) is 4.79 Å². The Hall–Kier alpha value is -2.41. The first-order chi connectivity index (χ1) is 14.8. The summed E-state index contributed by atoms with van der Waals surface area (Å²) in [7, 11) is 1.81. The maximum Gasteiger partial charge on any atom is 0.253 e. The Labute approximate surface area is 186 Å². The molecule has 0 unspecified atom stereocenters. The van der Waals surface area contributed by atoms with Gasteiger partial charge in [-0.25, -0.2) is 8.78 Å². The van der Waals surface area contributed by atoms with Gasteiger partial charge in [-0.05, 0) is 62.8 Å². The zero-order valence-electron chi connectivity index (χ0n) is 17.9. The number of unbranched alkanes of at least 4 members (excludes halogenated alkanes) is 1. The Balaban J connectivity index is 1.40. The molecule has 0 aliphatic carbocycles. The minimum atomic E-state index is -1.28. The van der Waals surface area contributed by atoms with Crippen molar-refractivity contribution in [2.45, 2.75) is 44.7 Å². The first-order valence-corrected chi connectivity index (χ1v) is 10.9. The molecule has 2 aromatic rings. The van der Waals surface area contributed by atoms with E-state index in [0.717, 1.165) is 17.8 Å². The summed E-state index contributed by atoms with van der Waals surface area (Å²) in [5.74, 6) is 0.523. The second kappa shape index (κ2) is 10.3. The van der Waals surface area contributed by atoms with Gasteiger partial charge in [0.25, 0.3) is 5.91 Å². The number of hydrogen-bond donors (Lipinski definition) is 1. The molecule has 168 valence electrons. The molecule has 1 saturated heterocycles. The van der Waals surface area contributed by atoms with Crippen LogP contribution >= 0.6 is 11.6 Å². The fraction of sp³-hybridized carbons (Fsp3) is 0.478. The monoisotopic (exact) mass is 451 g/mol. The van der Waals surface area contributed by atoms with Gasteiger partial charge in [0, 0.05) is 31.8 Å². The van der Waals surface area contributed by atoms with Crippen LogP contribution in [0, 0.1) is 12.7 Å². The third-order valence-electron chi connectivity index (χ3n) is 5.69. The molecule has 1 fully saturated rings. The lowest BCUT2D eigenvalue weighted by molar-refractivity contribution is 0.0382. The third-order valence-corrected chi connectivity index (χ3v) is 5.98. The Bertz CT molecular complexity index is 918. The van der Waals surface area contributed by atoms with Gasteiger partial charge in [-0.2, -0.15) is 4.98 Å². The van der Waals surface area contributed by atoms with Gasteiger partial charge in [0.2, 0.25) is 5.88 Å². The van der Waals surface area contributed by atoms with Crippen molar-refractivity contribution in [3.63, 3.8) is 0 Å². The minimum absolute atomic E-state index is 0.0899. The highest BCUT2D eigenvalue weighted by Gasteiger charge is 2.35. The first-order valence-electron chi connectivity index (χ1n) is 10.5. The number of hydrogen-bond acceptors (Lipinski definition) is 4. The lowest BCUT2D eigenvalue weighted by atomic mass is 9.88. The summed E-state index contributed by atoms with van der Waals surface area (Å²) in [5.41, 5.74) is 0.0844. The number of halogens is 3. The van der Waals surface area contributed by atoms with E-state index in [-0.39, 0.29) is 10.9 Å². The summed E-state index contributed by atoms with van der Waals surface area (Å²) in [5, 5.41) is 2.93. The first kappa shape index (κ1) is 23.3. The molecular weight excluding hydrogens is 424 g/mol. The molecule has 0 bridgehead atoms. The van der Waals surface area contributed by atoms with E-state index < -0.39 is 11.5 Å². The van der Waals surface area contributed by atoms with Crippen molar-refractivity contribution in [1.29, 1.82) is 0 Å². The largest absolute Gasteiger partial charge is 0.478 e. The number of aromatic nitrogens is 1. The van der Waals surface area contributed by atoms with E-state index >= 15 is 4.39 Å². The van der Waals surface area contributed by atoms with Crippen LogP contribution in [0.25, 0.3) is 0 Å². The molecule has 3 rings (SSSR count). The minimum Gasteiger partial charge on any atom is -0.478 e. The van der Waals surface area contributed by atoms with Gasteiger partial charge >= 0.3 is 0 Å². The predicted octanol–water partition coefficient (Wildman–Crippen LogP) is 5.42. The van der Waals surface area contributed by atoms with E-state index in [4.69, 9.17) is 16.3 Å². The normalized spacial score (nSPS) is 15.6. The van der Waals surface area contributed by atoms with E-state index in [0.29, 0.717) is 56.8 Å². The van der Waals surface area contributed by atoms with Gasteiger partial charge in [-0.1, -0.05) is 17.7 Å². The average Bonchev–Trinajstić information content (AvgIpc) is 2.76. The second-order valence-electron chi connectivity index (χ2n) is 7.94. The number of rotatable bonds is 8. The van der Waals surface area contributed by atoms with E-state index in [2.05, 4.69) is 10.3 Å². The predicted molar refractivity (Wildman–Crippen MR) is 118 cm³/mol. The number of pyridine rings is 1. The van der Waals surface area contributed by atoms with Gasteiger partial charge in [-0.15, -0.1) is 0 Å². The maximum atomic E-state index is 15.2. The summed E-state index contributed by atoms with van der Waals surface area (Å²) < 4.78 is 34.1. The number of nitrogens with zero attached hydrogens (tertiary/aromatic N) is 2. The molecule has 0 spiro atoms. The molecule has 8 heteroatoms. The lowest BCUT2D eigenvalue weighted by Gasteiger charge is -2.36. The summed E-state index contributed by atoms with van der Waals surface area (Å²) in [6, 6.07) is 7.67. The van der Waals surface area contributed by atoms with E-state index in [1.807, 2.05) is 26.1 Å². The van der Waals surface area contributed by atoms with Gasteiger partial charge < -0.3 is 15.0 Å². The zero-order chi connectivity index (χ0) is 22.4. The highest BCUT2D eigenvalue weighted by Crippen LogP contribution is 2.32. The lowest BCUT2D eigenvalue weighted by Crippen LogP contribution is -2.44. The third kappa shape index (κ3) is 6.06. The second-order valence-corrected chi connectivity index (χ2v) is 8.35. The fourth-order valence-corrected chi connectivity index (χ4v) is 3.92. The van der Waals surface area contributed by atoms with Crippen LogP contribution in [0.15, 0.2) is 30.3 Å². The highest BCUT2D eigenvalue weighted by atomic mass is 35.5. The van der Waals surface area contributed by atoms with Gasteiger partial charge in [0.05, 0.1) is 11.6 Å². The SMILES string of the molecule is CNc1nc(OCCCCC2(F)CCN(C(=O)c3ccc(F)c(Cl)c3)CC2)ccc1C. The molecule has 1 aromatic carbocycles. The van der Waals surface area contributed by atoms with E-state index in [1.165, 1.54) is 18.2 Å². The number of benzene rings is 1. The van der Waals surface area contributed by atoms with Crippen molar-refractivity contribution in [1.82, 2.24) is 9.88 Å². The molecule has 1 aromatic heterocycles. The van der Waals surface area contributed by atoms with Crippen LogP contribution < -0.4 is 10.1 Å². The molecule has 31 heavy (non-hydrogen) atoms. The van der Waals surface area contributed by atoms with Crippen molar-refractivity contribution in [2.75, 3.05) is 32.1 Å². The van der Waals surface area contributed by atoms with Crippen LogP contribution in [0.1, 0.15) is 48.0 Å². The van der Waals surface area contributed by atoms with Gasteiger partial charge in [0.15, 0.2) is 0 Å². The molecular formula is C23H28ClF2N3O2. The van der Waals surface area contributed by atoms with Crippen molar-refractivity contribution in [2.24, 2.45) is 0 Å². The Morgan fingerprint density at radius 2 is 2.00 bits per heavy atom. The molecule has 5 nitrogen and oxygen atoms in total. The molecule has 2 heterocycles. The summed E-state index contributed by atoms with van der Waals surface area (Å²) in [4.78, 5) is 18.6. The molecule has 1 N–H and O–H groups in total. The summed E-state index contributed by atoms with van der Waals surface area (Å²) >= 11 is 5.76. The number of piperidine rings is 1. The molecule has 1 aliphatic heterocycles. The van der Waals surface area contributed by atoms with Crippen molar-refractivity contribution in [3.8, 4) is 5.88 Å². The molecule has 0 radical (unpaired) electrons. The van der Waals surface area contributed by atoms with E-state index in [9.17, 15) is 9.18 Å². The fourth-order valence-electron chi connectivity index (χ4n) is 3.74. The smallest absolute Gasteiger partial charge is 0.253 e. The van der Waals surface area contributed by atoms with Crippen LogP contribution in [0.3, 0.4) is 0 Å². The summed E-state index contributed by atoms with van der Waals surface area (Å²) in [6.45, 7) is 3.12. The van der Waals surface area contributed by atoms with Crippen LogP contribution in [-0.4, -0.2) is 48.2 Å². The number of carbonyl (C=O) groups excluding carboxylic acids is 1. The number of carbonyl (C=O) groups is 1. The number of anilines is 1. The van der Waals surface area contributed by atoms with Crippen LogP contribution in [-0.2, 0) is 0 Å². The topological polar surface area (TPSA) is 54.5 Å². The maximum absolute atomic E-state index is 15.2. The Morgan fingerprint density at radius 1 is 1.26 bits per heavy atom. The van der Waals surface area contributed by atoms with E-state index in [1.54, 1.807) is 4.90 Å². The zero-order valence-corrected chi connectivity index (χ0v) is 18.6. The number of amides is 1. The Kier molecular flexibility index (Phi) is 7.70. The number of ether oxygens (including phenoxy) is 1. The summed E-state index contributed by atoms with van der Waals surface area (Å²) in [6.07, 6.45) is 2.44. The quantitative estimate of drug-likeness (QED) is 0.544. The number of nitrogens with one attached hydrogen (secondary N) is 1. The highest BCUT2D eigenvalue weighted by molar-refractivity contribution is 6.31. The number of likely N-dealkylation sites (tertiary alicyclic amines) is 1. The van der Waals surface area contributed by atoms with Crippen LogP contribution in [0.4, 0.5) is 14.6 Å². The number of alkyl halides is 1. The standard InChI is InChI=1S/C23H28ClF2N3O2/c1-16-5-8-20(28-21(16)27-2)31-14-4-3-9-23(26)10-12-29(13-11-23)22(30)17-6-7-19(25)18(24)15-17/h5-8,15H,3-4,9-14H2,1-2H3,(H,27,28). The van der Waals surface area contributed by atoms with Crippen molar-refractivity contribution in [3.05, 3.63) is 52.3 Å². The average molecular weight is 452 g/mol. The van der Waals surface area contributed by atoms with Crippen LogP contribution in [0.2, 0.25) is 5.02 Å². The molecule has 0 saturated carbocycles. The molecule has 1 amide bonds. The van der Waals surface area contributed by atoms with Crippen molar-refractivity contribution >= 4 is 23.3 Å².